The fraction of sp³-hybridized carbons (Fsp3) is 0.769. The summed E-state index contributed by atoms with van der Waals surface area (Å²) in [6.07, 6.45) is 3.75. The Morgan fingerprint density at radius 2 is 1.90 bits per heavy atom. The molecular formula is C13H25N3O4. The molecule has 0 spiro atoms. The van der Waals surface area contributed by atoms with E-state index in [0.29, 0.717) is 12.5 Å². The molecule has 0 aliphatic carbocycles. The summed E-state index contributed by atoms with van der Waals surface area (Å²) in [7, 11) is 0. The smallest absolute Gasteiger partial charge is 0.326 e. The van der Waals surface area contributed by atoms with Gasteiger partial charge in [-0.15, -0.1) is 0 Å². The van der Waals surface area contributed by atoms with Crippen LogP contribution < -0.4 is 16.4 Å². The highest BCUT2D eigenvalue weighted by Gasteiger charge is 2.22. The zero-order valence-corrected chi connectivity index (χ0v) is 12.1. The Labute approximate surface area is 119 Å². The highest BCUT2D eigenvalue weighted by Crippen LogP contribution is 2.11. The summed E-state index contributed by atoms with van der Waals surface area (Å²) in [6.45, 7) is 4.65. The third kappa shape index (κ3) is 8.34. The van der Waals surface area contributed by atoms with Gasteiger partial charge in [0.2, 0.25) is 5.91 Å². The summed E-state index contributed by atoms with van der Waals surface area (Å²) in [6, 6.07) is -1.88. The van der Waals surface area contributed by atoms with Gasteiger partial charge < -0.3 is 21.5 Å². The van der Waals surface area contributed by atoms with Crippen LogP contribution in [-0.2, 0) is 9.59 Å². The van der Waals surface area contributed by atoms with Crippen LogP contribution in [0.3, 0.4) is 0 Å². The minimum atomic E-state index is -1.29. The van der Waals surface area contributed by atoms with Crippen molar-refractivity contribution in [2.75, 3.05) is 6.54 Å². The number of primary amides is 1. The van der Waals surface area contributed by atoms with Crippen LogP contribution in [-0.4, -0.2) is 35.6 Å². The molecule has 2 atom stereocenters. The van der Waals surface area contributed by atoms with Crippen LogP contribution >= 0.6 is 0 Å². The molecule has 1 unspecified atom stereocenters. The number of carboxylic acid groups (broad SMARTS) is 1. The summed E-state index contributed by atoms with van der Waals surface area (Å²) >= 11 is 0. The quantitative estimate of drug-likeness (QED) is 0.475. The lowest BCUT2D eigenvalue weighted by atomic mass is 9.99. The molecule has 0 aliphatic heterocycles. The van der Waals surface area contributed by atoms with Gasteiger partial charge in [0.15, 0.2) is 0 Å². The normalized spacial score (nSPS) is 13.3. The Hall–Kier alpha value is -1.79. The number of amides is 3. The monoisotopic (exact) mass is 287 g/mol. The van der Waals surface area contributed by atoms with E-state index in [1.54, 1.807) is 0 Å². The van der Waals surface area contributed by atoms with Crippen molar-refractivity contribution in [2.45, 2.75) is 52.0 Å². The first kappa shape index (κ1) is 18.2. The SMILES string of the molecule is CCCCC(CC)CNC(=O)N[C@H](CC(N)=O)C(=O)O. The van der Waals surface area contributed by atoms with Crippen LogP contribution in [0, 0.1) is 5.92 Å². The lowest BCUT2D eigenvalue weighted by Gasteiger charge is -2.17. The number of carbonyl (C=O) groups is 3. The van der Waals surface area contributed by atoms with E-state index in [9.17, 15) is 14.4 Å². The minimum Gasteiger partial charge on any atom is -0.480 e. The van der Waals surface area contributed by atoms with E-state index in [1.807, 2.05) is 6.92 Å². The van der Waals surface area contributed by atoms with Crippen LogP contribution in [0.25, 0.3) is 0 Å². The van der Waals surface area contributed by atoms with Crippen LogP contribution in [0.1, 0.15) is 46.0 Å². The molecule has 3 amide bonds. The van der Waals surface area contributed by atoms with Crippen molar-refractivity contribution < 1.29 is 19.5 Å². The van der Waals surface area contributed by atoms with Crippen LogP contribution in [0.15, 0.2) is 0 Å². The third-order valence-corrected chi connectivity index (χ3v) is 3.10. The van der Waals surface area contributed by atoms with Crippen molar-refractivity contribution in [1.82, 2.24) is 10.6 Å². The van der Waals surface area contributed by atoms with Crippen molar-refractivity contribution >= 4 is 17.9 Å². The number of nitrogens with one attached hydrogen (secondary N) is 2. The van der Waals surface area contributed by atoms with E-state index < -0.39 is 30.4 Å². The third-order valence-electron chi connectivity index (χ3n) is 3.10. The van der Waals surface area contributed by atoms with Gasteiger partial charge in [0.05, 0.1) is 6.42 Å². The topological polar surface area (TPSA) is 122 Å². The van der Waals surface area contributed by atoms with E-state index in [4.69, 9.17) is 10.8 Å². The number of hydrogen-bond donors (Lipinski definition) is 4. The van der Waals surface area contributed by atoms with Crippen LogP contribution in [0.2, 0.25) is 0 Å². The maximum Gasteiger partial charge on any atom is 0.326 e. The highest BCUT2D eigenvalue weighted by atomic mass is 16.4. The van der Waals surface area contributed by atoms with Crippen molar-refractivity contribution in [1.29, 1.82) is 0 Å². The Balaban J connectivity index is 4.18. The van der Waals surface area contributed by atoms with Crippen LogP contribution in [0.5, 0.6) is 0 Å². The molecule has 0 aromatic carbocycles. The second-order valence-corrected chi connectivity index (χ2v) is 4.83. The average Bonchev–Trinajstić information content (AvgIpc) is 2.37. The molecule has 0 bridgehead atoms. The molecule has 0 radical (unpaired) electrons. The number of urea groups is 1. The second kappa shape index (κ2) is 10.1. The molecule has 7 heteroatoms. The summed E-state index contributed by atoms with van der Waals surface area (Å²) < 4.78 is 0. The van der Waals surface area contributed by atoms with E-state index in [0.717, 1.165) is 25.7 Å². The molecule has 0 rings (SSSR count). The van der Waals surface area contributed by atoms with E-state index in [-0.39, 0.29) is 0 Å². The number of hydrogen-bond acceptors (Lipinski definition) is 3. The molecule has 0 aromatic heterocycles. The molecule has 7 nitrogen and oxygen atoms in total. The number of rotatable bonds is 10. The van der Waals surface area contributed by atoms with Gasteiger partial charge in [-0.1, -0.05) is 33.1 Å². The first-order valence-corrected chi connectivity index (χ1v) is 6.96. The predicted molar refractivity (Wildman–Crippen MR) is 75.1 cm³/mol. The fourth-order valence-corrected chi connectivity index (χ4v) is 1.79. The van der Waals surface area contributed by atoms with Crippen molar-refractivity contribution in [3.05, 3.63) is 0 Å². The van der Waals surface area contributed by atoms with Crippen LogP contribution in [0.4, 0.5) is 4.79 Å². The Bertz CT molecular complexity index is 334. The minimum absolute atomic E-state index is 0.375. The van der Waals surface area contributed by atoms with Gasteiger partial charge in [-0.05, 0) is 12.3 Å². The molecule has 0 fully saturated rings. The average molecular weight is 287 g/mol. The van der Waals surface area contributed by atoms with Gasteiger partial charge in [-0.3, -0.25) is 4.79 Å². The second-order valence-electron chi connectivity index (χ2n) is 4.83. The Morgan fingerprint density at radius 1 is 1.25 bits per heavy atom. The van der Waals surface area contributed by atoms with E-state index in [2.05, 4.69) is 17.6 Å². The lowest BCUT2D eigenvalue weighted by molar-refractivity contribution is -0.140. The molecule has 0 aliphatic rings. The summed E-state index contributed by atoms with van der Waals surface area (Å²) in [4.78, 5) is 33.2. The molecule has 116 valence electrons. The van der Waals surface area contributed by atoms with E-state index >= 15 is 0 Å². The molecular weight excluding hydrogens is 262 g/mol. The standard InChI is InChI=1S/C13H25N3O4/c1-3-5-6-9(4-2)8-15-13(20)16-10(12(18)19)7-11(14)17/h9-10H,3-8H2,1-2H3,(H2,14,17)(H,18,19)(H2,15,16,20)/t9?,10-/m1/s1. The Morgan fingerprint density at radius 3 is 2.35 bits per heavy atom. The largest absolute Gasteiger partial charge is 0.480 e. The fourth-order valence-electron chi connectivity index (χ4n) is 1.79. The first-order valence-electron chi connectivity index (χ1n) is 6.96. The molecule has 0 saturated heterocycles. The highest BCUT2D eigenvalue weighted by molar-refractivity contribution is 5.87. The Kier molecular flexibility index (Phi) is 9.15. The molecule has 0 saturated carbocycles. The first-order chi connectivity index (χ1) is 9.40. The van der Waals surface area contributed by atoms with Crippen molar-refractivity contribution in [2.24, 2.45) is 11.7 Å². The number of carbonyl (C=O) groups excluding carboxylic acids is 2. The maximum atomic E-state index is 11.6. The molecule has 20 heavy (non-hydrogen) atoms. The number of unbranched alkanes of at least 4 members (excludes halogenated alkanes) is 1. The summed E-state index contributed by atoms with van der Waals surface area (Å²) in [5.41, 5.74) is 4.93. The molecule has 0 aromatic rings. The van der Waals surface area contributed by atoms with Gasteiger partial charge in [-0.25, -0.2) is 9.59 Å². The zero-order chi connectivity index (χ0) is 15.5. The van der Waals surface area contributed by atoms with E-state index in [1.165, 1.54) is 0 Å². The number of aliphatic carboxylic acids is 1. The zero-order valence-electron chi connectivity index (χ0n) is 12.1. The van der Waals surface area contributed by atoms with Gasteiger partial charge in [0.25, 0.3) is 0 Å². The maximum absolute atomic E-state index is 11.6. The van der Waals surface area contributed by atoms with Gasteiger partial charge in [0, 0.05) is 6.54 Å². The van der Waals surface area contributed by atoms with Gasteiger partial charge in [0.1, 0.15) is 6.04 Å². The predicted octanol–water partition coefficient (Wildman–Crippen LogP) is 0.831. The summed E-state index contributed by atoms with van der Waals surface area (Å²) in [5.74, 6) is -1.68. The number of nitrogens with two attached hydrogens (primary N) is 1. The summed E-state index contributed by atoms with van der Waals surface area (Å²) in [5, 5.41) is 13.7. The molecule has 5 N–H and O–H groups in total. The van der Waals surface area contributed by atoms with Gasteiger partial charge in [-0.2, -0.15) is 0 Å². The molecule has 0 heterocycles. The number of carboxylic acids is 1. The lowest BCUT2D eigenvalue weighted by Crippen LogP contribution is -2.48. The van der Waals surface area contributed by atoms with Gasteiger partial charge >= 0.3 is 12.0 Å². The van der Waals surface area contributed by atoms with Crippen molar-refractivity contribution in [3.63, 3.8) is 0 Å². The van der Waals surface area contributed by atoms with Crippen molar-refractivity contribution in [3.8, 4) is 0 Å².